The van der Waals surface area contributed by atoms with E-state index in [0.717, 1.165) is 5.56 Å². The minimum atomic E-state index is -0.327. The molecule has 6 heteroatoms. The van der Waals surface area contributed by atoms with Gasteiger partial charge in [-0.05, 0) is 51.2 Å². The third-order valence-electron chi connectivity index (χ3n) is 3.44. The van der Waals surface area contributed by atoms with Crippen LogP contribution in [-0.2, 0) is 5.41 Å². The van der Waals surface area contributed by atoms with Crippen LogP contribution in [0.4, 0.5) is 0 Å². The van der Waals surface area contributed by atoms with Crippen molar-refractivity contribution in [2.24, 2.45) is 5.10 Å². The van der Waals surface area contributed by atoms with Crippen LogP contribution in [0.5, 0.6) is 5.75 Å². The van der Waals surface area contributed by atoms with Gasteiger partial charge < -0.3 is 5.11 Å². The van der Waals surface area contributed by atoms with Gasteiger partial charge >= 0.3 is 0 Å². The standard InChI is InChI=1S/C18H18BrClN2O2/c1-18(2,3)13-6-4-11(5-7-13)17(24)22-21-10-12-8-14(20)9-15(19)16(12)23/h4-10,23H,1-3H3,(H,22,24)/b21-10-. The van der Waals surface area contributed by atoms with Gasteiger partial charge in [-0.1, -0.05) is 44.5 Å². The third-order valence-corrected chi connectivity index (χ3v) is 4.26. The van der Waals surface area contributed by atoms with E-state index in [1.54, 1.807) is 24.3 Å². The maximum Gasteiger partial charge on any atom is 0.271 e. The highest BCUT2D eigenvalue weighted by atomic mass is 79.9. The molecule has 4 nitrogen and oxygen atoms in total. The van der Waals surface area contributed by atoms with Gasteiger partial charge in [-0.25, -0.2) is 5.43 Å². The predicted molar refractivity (Wildman–Crippen MR) is 101 cm³/mol. The lowest BCUT2D eigenvalue weighted by atomic mass is 9.87. The van der Waals surface area contributed by atoms with E-state index in [-0.39, 0.29) is 17.1 Å². The molecule has 126 valence electrons. The summed E-state index contributed by atoms with van der Waals surface area (Å²) in [5.74, 6) is -0.320. The average Bonchev–Trinajstić information content (AvgIpc) is 2.51. The van der Waals surface area contributed by atoms with E-state index in [0.29, 0.717) is 20.6 Å². The number of rotatable bonds is 3. The molecule has 2 rings (SSSR count). The van der Waals surface area contributed by atoms with E-state index in [1.807, 2.05) is 12.1 Å². The number of phenols is 1. The molecule has 0 unspecified atom stereocenters. The lowest BCUT2D eigenvalue weighted by Crippen LogP contribution is -2.18. The fourth-order valence-electron chi connectivity index (χ4n) is 2.03. The van der Waals surface area contributed by atoms with Gasteiger partial charge in [-0.3, -0.25) is 4.79 Å². The van der Waals surface area contributed by atoms with Crippen molar-refractivity contribution < 1.29 is 9.90 Å². The molecule has 0 aromatic heterocycles. The first-order valence-electron chi connectivity index (χ1n) is 7.30. The summed E-state index contributed by atoms with van der Waals surface area (Å²) in [5.41, 5.74) is 4.53. The Bertz CT molecular complexity index is 781. The zero-order chi connectivity index (χ0) is 17.9. The number of hydrogen-bond donors (Lipinski definition) is 2. The third kappa shape index (κ3) is 4.58. The SMILES string of the molecule is CC(C)(C)c1ccc(C(=O)N/N=C\c2cc(Cl)cc(Br)c2O)cc1. The summed E-state index contributed by atoms with van der Waals surface area (Å²) in [7, 11) is 0. The second-order valence-corrected chi connectivity index (χ2v) is 7.64. The maximum atomic E-state index is 12.1. The van der Waals surface area contributed by atoms with E-state index in [1.165, 1.54) is 6.21 Å². The minimum absolute atomic E-state index is 0.00642. The van der Waals surface area contributed by atoms with Crippen LogP contribution in [0.2, 0.25) is 5.02 Å². The molecule has 2 aromatic rings. The molecule has 0 fully saturated rings. The first-order chi connectivity index (χ1) is 11.2. The van der Waals surface area contributed by atoms with Gasteiger partial charge in [-0.2, -0.15) is 5.10 Å². The van der Waals surface area contributed by atoms with Crippen molar-refractivity contribution in [3.05, 3.63) is 62.6 Å². The Morgan fingerprint density at radius 1 is 1.25 bits per heavy atom. The molecule has 0 radical (unpaired) electrons. The van der Waals surface area contributed by atoms with Crippen molar-refractivity contribution in [1.82, 2.24) is 5.43 Å². The normalized spacial score (nSPS) is 11.7. The molecule has 0 aliphatic carbocycles. The van der Waals surface area contributed by atoms with Crippen LogP contribution in [-0.4, -0.2) is 17.2 Å². The van der Waals surface area contributed by atoms with E-state index in [2.05, 4.69) is 47.2 Å². The molecule has 0 saturated heterocycles. The fraction of sp³-hybridized carbons (Fsp3) is 0.222. The van der Waals surface area contributed by atoms with Crippen LogP contribution in [0.1, 0.15) is 42.3 Å². The lowest BCUT2D eigenvalue weighted by Gasteiger charge is -2.18. The summed E-state index contributed by atoms with van der Waals surface area (Å²) < 4.78 is 0.459. The van der Waals surface area contributed by atoms with Gasteiger partial charge in [0.2, 0.25) is 0 Å². The Morgan fingerprint density at radius 3 is 2.46 bits per heavy atom. The molecule has 0 aliphatic heterocycles. The summed E-state index contributed by atoms with van der Waals surface area (Å²) >= 11 is 9.11. The molecular formula is C18H18BrClN2O2. The van der Waals surface area contributed by atoms with E-state index < -0.39 is 0 Å². The van der Waals surface area contributed by atoms with Crippen molar-refractivity contribution in [1.29, 1.82) is 0 Å². The minimum Gasteiger partial charge on any atom is -0.506 e. The highest BCUT2D eigenvalue weighted by molar-refractivity contribution is 9.10. The van der Waals surface area contributed by atoms with Crippen LogP contribution in [0.25, 0.3) is 0 Å². The van der Waals surface area contributed by atoms with Crippen molar-refractivity contribution in [2.45, 2.75) is 26.2 Å². The number of benzene rings is 2. The van der Waals surface area contributed by atoms with Crippen LogP contribution in [0.3, 0.4) is 0 Å². The fourth-order valence-corrected chi connectivity index (χ4v) is 2.86. The Hall–Kier alpha value is -1.85. The Kier molecular flexibility index (Phi) is 5.67. The number of carbonyl (C=O) groups excluding carboxylic acids is 1. The molecule has 0 spiro atoms. The van der Waals surface area contributed by atoms with E-state index in [4.69, 9.17) is 11.6 Å². The molecular weight excluding hydrogens is 392 g/mol. The number of hydrogen-bond acceptors (Lipinski definition) is 3. The summed E-state index contributed by atoms with van der Waals surface area (Å²) in [6.07, 6.45) is 1.34. The van der Waals surface area contributed by atoms with Crippen molar-refractivity contribution in [3.63, 3.8) is 0 Å². The number of hydrazone groups is 1. The highest BCUT2D eigenvalue weighted by Crippen LogP contribution is 2.30. The number of aromatic hydroxyl groups is 1. The molecule has 24 heavy (non-hydrogen) atoms. The number of carbonyl (C=O) groups is 1. The summed E-state index contributed by atoms with van der Waals surface area (Å²) in [4.78, 5) is 12.1. The molecule has 0 saturated carbocycles. The zero-order valence-corrected chi connectivity index (χ0v) is 15.9. The first-order valence-corrected chi connectivity index (χ1v) is 8.47. The predicted octanol–water partition coefficient (Wildman–Crippen LogP) is 4.87. The maximum absolute atomic E-state index is 12.1. The molecule has 2 N–H and O–H groups in total. The first kappa shape index (κ1) is 18.5. The number of nitrogens with one attached hydrogen (secondary N) is 1. The Morgan fingerprint density at radius 2 is 1.88 bits per heavy atom. The number of phenolic OH excluding ortho intramolecular Hbond substituents is 1. The molecule has 0 atom stereocenters. The molecule has 0 aliphatic rings. The lowest BCUT2D eigenvalue weighted by molar-refractivity contribution is 0.0955. The Labute approximate surface area is 154 Å². The number of amides is 1. The average molecular weight is 410 g/mol. The molecule has 0 bridgehead atoms. The number of halogens is 2. The van der Waals surface area contributed by atoms with E-state index in [9.17, 15) is 9.90 Å². The second-order valence-electron chi connectivity index (χ2n) is 6.35. The molecule has 0 heterocycles. The van der Waals surface area contributed by atoms with Crippen LogP contribution in [0, 0.1) is 0 Å². The summed E-state index contributed by atoms with van der Waals surface area (Å²) in [5, 5.41) is 14.2. The van der Waals surface area contributed by atoms with Gasteiger partial charge in [-0.15, -0.1) is 0 Å². The highest BCUT2D eigenvalue weighted by Gasteiger charge is 2.14. The smallest absolute Gasteiger partial charge is 0.271 e. The van der Waals surface area contributed by atoms with Crippen molar-refractivity contribution >= 4 is 39.7 Å². The largest absolute Gasteiger partial charge is 0.506 e. The second kappa shape index (κ2) is 7.36. The van der Waals surface area contributed by atoms with Crippen LogP contribution < -0.4 is 5.43 Å². The van der Waals surface area contributed by atoms with Gasteiger partial charge in [0.25, 0.3) is 5.91 Å². The zero-order valence-electron chi connectivity index (χ0n) is 13.6. The van der Waals surface area contributed by atoms with Gasteiger partial charge in [0.05, 0.1) is 10.7 Å². The summed E-state index contributed by atoms with van der Waals surface area (Å²) in [6, 6.07) is 10.5. The van der Waals surface area contributed by atoms with Gasteiger partial charge in [0.15, 0.2) is 0 Å². The summed E-state index contributed by atoms with van der Waals surface area (Å²) in [6.45, 7) is 6.34. The monoisotopic (exact) mass is 408 g/mol. The van der Waals surface area contributed by atoms with E-state index >= 15 is 0 Å². The topological polar surface area (TPSA) is 61.7 Å². The van der Waals surface area contributed by atoms with Gasteiger partial charge in [0.1, 0.15) is 5.75 Å². The van der Waals surface area contributed by atoms with Gasteiger partial charge in [0, 0.05) is 16.1 Å². The van der Waals surface area contributed by atoms with Crippen LogP contribution in [0.15, 0.2) is 46.0 Å². The number of nitrogens with zero attached hydrogens (tertiary/aromatic N) is 1. The van der Waals surface area contributed by atoms with Crippen LogP contribution >= 0.6 is 27.5 Å². The molecule has 1 amide bonds. The van der Waals surface area contributed by atoms with Crippen molar-refractivity contribution in [3.8, 4) is 5.75 Å². The van der Waals surface area contributed by atoms with Crippen molar-refractivity contribution in [2.75, 3.05) is 0 Å². The molecule has 2 aromatic carbocycles. The quantitative estimate of drug-likeness (QED) is 0.561. The Balaban J connectivity index is 2.08.